The fourth-order valence-electron chi connectivity index (χ4n) is 2.68. The molecule has 0 amide bonds. The SMILES string of the molecule is CNCC1CCN(S(=O)(=O)c2cc(Cl)c(OC)cc2C)C1.Cl. The van der Waals surface area contributed by atoms with E-state index in [0.29, 0.717) is 35.3 Å². The zero-order valence-electron chi connectivity index (χ0n) is 12.9. The molecule has 0 radical (unpaired) electrons. The van der Waals surface area contributed by atoms with Gasteiger partial charge in [-0.3, -0.25) is 0 Å². The number of nitrogens with one attached hydrogen (secondary N) is 1. The van der Waals surface area contributed by atoms with Crippen molar-refractivity contribution in [3.05, 3.63) is 22.7 Å². The van der Waals surface area contributed by atoms with Crippen molar-refractivity contribution in [1.82, 2.24) is 9.62 Å². The van der Waals surface area contributed by atoms with Crippen molar-refractivity contribution in [3.63, 3.8) is 0 Å². The lowest BCUT2D eigenvalue weighted by Gasteiger charge is -2.19. The fourth-order valence-corrected chi connectivity index (χ4v) is 4.75. The monoisotopic (exact) mass is 368 g/mol. The first-order chi connectivity index (χ1) is 9.90. The predicted octanol–water partition coefficient (Wildman–Crippen LogP) is 2.31. The first-order valence-electron chi connectivity index (χ1n) is 6.89. The topological polar surface area (TPSA) is 58.6 Å². The summed E-state index contributed by atoms with van der Waals surface area (Å²) in [5.74, 6) is 0.849. The Kier molecular flexibility index (Phi) is 6.95. The van der Waals surface area contributed by atoms with Crippen LogP contribution in [0.1, 0.15) is 12.0 Å². The van der Waals surface area contributed by atoms with Crippen LogP contribution in [0.2, 0.25) is 5.02 Å². The van der Waals surface area contributed by atoms with Gasteiger partial charge in [-0.1, -0.05) is 11.6 Å². The summed E-state index contributed by atoms with van der Waals surface area (Å²) < 4.78 is 32.2. The van der Waals surface area contributed by atoms with Gasteiger partial charge in [0.05, 0.1) is 17.0 Å². The van der Waals surface area contributed by atoms with Gasteiger partial charge in [0.15, 0.2) is 0 Å². The van der Waals surface area contributed by atoms with Crippen molar-refractivity contribution in [1.29, 1.82) is 0 Å². The first-order valence-corrected chi connectivity index (χ1v) is 8.70. The van der Waals surface area contributed by atoms with Crippen molar-refractivity contribution < 1.29 is 13.2 Å². The van der Waals surface area contributed by atoms with Crippen LogP contribution in [-0.4, -0.2) is 46.5 Å². The summed E-state index contributed by atoms with van der Waals surface area (Å²) >= 11 is 6.07. The fraction of sp³-hybridized carbons (Fsp3) is 0.571. The van der Waals surface area contributed by atoms with Crippen LogP contribution < -0.4 is 10.1 Å². The van der Waals surface area contributed by atoms with E-state index in [1.165, 1.54) is 13.2 Å². The van der Waals surface area contributed by atoms with E-state index in [1.807, 2.05) is 7.05 Å². The Balaban J connectivity index is 0.00000242. The molecule has 0 saturated carbocycles. The van der Waals surface area contributed by atoms with Gasteiger partial charge in [-0.05, 0) is 50.6 Å². The Morgan fingerprint density at radius 3 is 2.73 bits per heavy atom. The Bertz CT molecular complexity index is 623. The molecular weight excluding hydrogens is 347 g/mol. The van der Waals surface area contributed by atoms with Crippen molar-refractivity contribution in [2.45, 2.75) is 18.2 Å². The molecule has 1 fully saturated rings. The van der Waals surface area contributed by atoms with Crippen molar-refractivity contribution in [2.75, 3.05) is 33.8 Å². The van der Waals surface area contributed by atoms with Crippen molar-refractivity contribution >= 4 is 34.0 Å². The van der Waals surface area contributed by atoms with Crippen molar-refractivity contribution in [3.8, 4) is 5.75 Å². The predicted molar refractivity (Wildman–Crippen MR) is 90.8 cm³/mol. The molecule has 8 heteroatoms. The van der Waals surface area contributed by atoms with Crippen molar-refractivity contribution in [2.24, 2.45) is 5.92 Å². The maximum Gasteiger partial charge on any atom is 0.243 e. The third kappa shape index (κ3) is 3.86. The van der Waals surface area contributed by atoms with E-state index in [0.717, 1.165) is 13.0 Å². The molecule has 126 valence electrons. The molecule has 1 atom stereocenters. The minimum atomic E-state index is -3.50. The molecule has 0 aromatic heterocycles. The second-order valence-electron chi connectivity index (χ2n) is 5.33. The van der Waals surface area contributed by atoms with Gasteiger partial charge in [-0.2, -0.15) is 4.31 Å². The second-order valence-corrected chi connectivity index (χ2v) is 7.64. The number of hydrogen-bond acceptors (Lipinski definition) is 4. The number of halogens is 2. The minimum absolute atomic E-state index is 0. The summed E-state index contributed by atoms with van der Waals surface area (Å²) in [5, 5.41) is 3.41. The van der Waals surface area contributed by atoms with Gasteiger partial charge in [-0.15, -0.1) is 12.4 Å². The summed E-state index contributed by atoms with van der Waals surface area (Å²) in [6, 6.07) is 3.15. The maximum absolute atomic E-state index is 12.8. The molecule has 5 nitrogen and oxygen atoms in total. The zero-order chi connectivity index (χ0) is 15.6. The third-order valence-electron chi connectivity index (χ3n) is 3.81. The molecule has 1 N–H and O–H groups in total. The molecule has 1 aliphatic rings. The molecule has 1 aliphatic heterocycles. The van der Waals surface area contributed by atoms with Crippen LogP contribution in [0.15, 0.2) is 17.0 Å². The largest absolute Gasteiger partial charge is 0.495 e. The molecule has 0 aliphatic carbocycles. The number of methoxy groups -OCH3 is 1. The molecule has 1 unspecified atom stereocenters. The summed E-state index contributed by atoms with van der Waals surface area (Å²) in [6.07, 6.45) is 0.878. The Morgan fingerprint density at radius 2 is 2.14 bits per heavy atom. The number of aryl methyl sites for hydroxylation is 1. The summed E-state index contributed by atoms with van der Waals surface area (Å²) in [4.78, 5) is 0.262. The van der Waals surface area contributed by atoms with E-state index in [2.05, 4.69) is 5.32 Å². The van der Waals surface area contributed by atoms with E-state index in [9.17, 15) is 8.42 Å². The highest BCUT2D eigenvalue weighted by atomic mass is 35.5. The van der Waals surface area contributed by atoms with Crippen LogP contribution in [0, 0.1) is 12.8 Å². The number of benzene rings is 1. The Labute approximate surface area is 143 Å². The Hall–Kier alpha value is -0.530. The van der Waals surface area contributed by atoms with Crippen LogP contribution in [0.4, 0.5) is 0 Å². The molecule has 0 bridgehead atoms. The molecule has 1 heterocycles. The first kappa shape index (κ1) is 19.5. The molecule has 22 heavy (non-hydrogen) atoms. The lowest BCUT2D eigenvalue weighted by molar-refractivity contribution is 0.414. The molecule has 2 rings (SSSR count). The number of rotatable bonds is 5. The van der Waals surface area contributed by atoms with Crippen LogP contribution in [0.5, 0.6) is 5.75 Å². The van der Waals surface area contributed by atoms with Gasteiger partial charge in [0.2, 0.25) is 10.0 Å². The van der Waals surface area contributed by atoms with Crippen LogP contribution >= 0.6 is 24.0 Å². The standard InChI is InChI=1S/C14H21ClN2O3S.ClH/c1-10-6-13(20-3)12(15)7-14(10)21(18,19)17-5-4-11(9-17)8-16-2;/h6-7,11,16H,4-5,8-9H2,1-3H3;1H. The van der Waals surface area contributed by atoms with Gasteiger partial charge in [0.25, 0.3) is 0 Å². The maximum atomic E-state index is 12.8. The average molecular weight is 369 g/mol. The molecule has 1 saturated heterocycles. The quantitative estimate of drug-likeness (QED) is 0.866. The lowest BCUT2D eigenvalue weighted by Crippen LogP contribution is -2.31. The minimum Gasteiger partial charge on any atom is -0.495 e. The van der Waals surface area contributed by atoms with Crippen LogP contribution in [0.3, 0.4) is 0 Å². The third-order valence-corrected chi connectivity index (χ3v) is 6.11. The highest BCUT2D eigenvalue weighted by molar-refractivity contribution is 7.89. The molecular formula is C14H22Cl2N2O3S. The normalized spacial score (nSPS) is 19.0. The van der Waals surface area contributed by atoms with Gasteiger partial charge in [0, 0.05) is 13.1 Å². The average Bonchev–Trinajstić information content (AvgIpc) is 2.90. The number of nitrogens with zero attached hydrogens (tertiary/aromatic N) is 1. The van der Waals surface area contributed by atoms with E-state index < -0.39 is 10.0 Å². The van der Waals surface area contributed by atoms with Gasteiger partial charge >= 0.3 is 0 Å². The highest BCUT2D eigenvalue weighted by Gasteiger charge is 2.33. The van der Waals surface area contributed by atoms with Gasteiger partial charge < -0.3 is 10.1 Å². The number of hydrogen-bond donors (Lipinski definition) is 1. The second kappa shape index (κ2) is 7.84. The van der Waals surface area contributed by atoms with E-state index >= 15 is 0 Å². The van der Waals surface area contributed by atoms with Crippen LogP contribution in [0.25, 0.3) is 0 Å². The summed E-state index contributed by atoms with van der Waals surface area (Å²) in [6.45, 7) is 3.69. The molecule has 1 aromatic carbocycles. The summed E-state index contributed by atoms with van der Waals surface area (Å²) in [7, 11) is -0.111. The molecule has 1 aromatic rings. The number of sulfonamides is 1. The smallest absolute Gasteiger partial charge is 0.243 e. The number of ether oxygens (including phenoxy) is 1. The zero-order valence-corrected chi connectivity index (χ0v) is 15.3. The summed E-state index contributed by atoms with van der Waals surface area (Å²) in [5.41, 5.74) is 0.647. The Morgan fingerprint density at radius 1 is 1.45 bits per heavy atom. The van der Waals surface area contributed by atoms with Crippen LogP contribution in [-0.2, 0) is 10.0 Å². The van der Waals surface area contributed by atoms with E-state index in [-0.39, 0.29) is 17.3 Å². The van der Waals surface area contributed by atoms with Gasteiger partial charge in [0.1, 0.15) is 5.75 Å². The lowest BCUT2D eigenvalue weighted by atomic mass is 10.1. The van der Waals surface area contributed by atoms with E-state index in [4.69, 9.17) is 16.3 Å². The van der Waals surface area contributed by atoms with E-state index in [1.54, 1.807) is 17.3 Å². The highest BCUT2D eigenvalue weighted by Crippen LogP contribution is 2.33. The van der Waals surface area contributed by atoms with Gasteiger partial charge in [-0.25, -0.2) is 8.42 Å². The molecule has 0 spiro atoms.